The van der Waals surface area contributed by atoms with E-state index in [1.54, 1.807) is 18.0 Å². The van der Waals surface area contributed by atoms with Crippen LogP contribution in [0.15, 0.2) is 6.20 Å². The van der Waals surface area contributed by atoms with Gasteiger partial charge in [-0.15, -0.1) is 0 Å². The maximum atomic E-state index is 12.9. The minimum Gasteiger partial charge on any atom is -0.481 e. The predicted molar refractivity (Wildman–Crippen MR) is 87.4 cm³/mol. The van der Waals surface area contributed by atoms with E-state index in [4.69, 9.17) is 5.11 Å². The van der Waals surface area contributed by atoms with Gasteiger partial charge in [0.2, 0.25) is 0 Å². The summed E-state index contributed by atoms with van der Waals surface area (Å²) in [7, 11) is 0. The number of aliphatic carboxylic acids is 1. The van der Waals surface area contributed by atoms with Crippen LogP contribution in [0.5, 0.6) is 0 Å². The summed E-state index contributed by atoms with van der Waals surface area (Å²) in [5.74, 6) is -1.52. The van der Waals surface area contributed by atoms with Crippen LogP contribution in [0.3, 0.4) is 0 Å². The maximum Gasteiger partial charge on any atom is 0.308 e. The molecule has 1 saturated carbocycles. The Morgan fingerprint density at radius 1 is 1.39 bits per heavy atom. The Balaban J connectivity index is 2.22. The van der Waals surface area contributed by atoms with Crippen LogP contribution in [-0.2, 0) is 4.79 Å². The van der Waals surface area contributed by atoms with Gasteiger partial charge in [-0.05, 0) is 32.6 Å². The van der Waals surface area contributed by atoms with E-state index in [9.17, 15) is 9.59 Å². The normalized spacial score (nSPS) is 15.7. The van der Waals surface area contributed by atoms with Crippen LogP contribution in [0.1, 0.15) is 68.5 Å². The molecule has 1 fully saturated rings. The molecule has 0 bridgehead atoms. The molecule has 1 aromatic rings. The summed E-state index contributed by atoms with van der Waals surface area (Å²) in [4.78, 5) is 25.7. The van der Waals surface area contributed by atoms with Crippen molar-refractivity contribution in [2.45, 2.75) is 65.5 Å². The van der Waals surface area contributed by atoms with Gasteiger partial charge >= 0.3 is 5.97 Å². The highest BCUT2D eigenvalue weighted by atomic mass is 16.4. The lowest BCUT2D eigenvalue weighted by Gasteiger charge is -2.24. The average Bonchev–Trinajstić information content (AvgIpc) is 3.29. The second kappa shape index (κ2) is 7.15. The number of carboxylic acid groups (broad SMARTS) is 1. The van der Waals surface area contributed by atoms with Crippen LogP contribution in [0.25, 0.3) is 0 Å². The largest absolute Gasteiger partial charge is 0.481 e. The quantitative estimate of drug-likeness (QED) is 0.799. The summed E-state index contributed by atoms with van der Waals surface area (Å²) in [5, 5.41) is 13.5. The Labute approximate surface area is 137 Å². The number of rotatable bonds is 8. The molecular weight excluding hydrogens is 294 g/mol. The molecule has 1 N–H and O–H groups in total. The first-order valence-electron chi connectivity index (χ1n) is 8.48. The molecule has 1 atom stereocenters. The summed E-state index contributed by atoms with van der Waals surface area (Å²) in [6.45, 7) is 8.05. The van der Waals surface area contributed by atoms with Gasteiger partial charge in [-0.3, -0.25) is 14.3 Å². The van der Waals surface area contributed by atoms with Gasteiger partial charge in [-0.1, -0.05) is 20.8 Å². The van der Waals surface area contributed by atoms with Gasteiger partial charge in [0.25, 0.3) is 5.91 Å². The van der Waals surface area contributed by atoms with E-state index in [0.717, 1.165) is 31.4 Å². The number of amides is 1. The van der Waals surface area contributed by atoms with Crippen molar-refractivity contribution in [3.05, 3.63) is 17.5 Å². The molecule has 1 aliphatic carbocycles. The number of carbonyl (C=O) groups excluding carboxylic acids is 1. The third-order valence-electron chi connectivity index (χ3n) is 4.70. The first-order chi connectivity index (χ1) is 10.9. The van der Waals surface area contributed by atoms with E-state index in [1.807, 2.05) is 11.6 Å². The molecule has 1 unspecified atom stereocenters. The average molecular weight is 321 g/mol. The molecule has 1 aliphatic rings. The zero-order valence-corrected chi connectivity index (χ0v) is 14.5. The Bertz CT molecular complexity index is 574. The van der Waals surface area contributed by atoms with Crippen molar-refractivity contribution < 1.29 is 14.7 Å². The van der Waals surface area contributed by atoms with Crippen LogP contribution in [0.2, 0.25) is 0 Å². The fraction of sp³-hybridized carbons (Fsp3) is 0.706. The van der Waals surface area contributed by atoms with Crippen LogP contribution >= 0.6 is 0 Å². The van der Waals surface area contributed by atoms with Gasteiger partial charge in [0.1, 0.15) is 0 Å². The maximum absolute atomic E-state index is 12.9. The summed E-state index contributed by atoms with van der Waals surface area (Å²) >= 11 is 0. The minimum absolute atomic E-state index is 0.0877. The summed E-state index contributed by atoms with van der Waals surface area (Å²) in [6, 6.07) is 0.476. The first kappa shape index (κ1) is 17.5. The standard InChI is InChI=1S/C17H27N3O3/c1-5-13(6-2)20-12(4)15(9-18-20)16(21)19(14-7-8-14)10-11(3)17(22)23/h9,11,13-14H,5-8,10H2,1-4H3,(H,22,23). The molecule has 128 valence electrons. The lowest BCUT2D eigenvalue weighted by molar-refractivity contribution is -0.141. The third kappa shape index (κ3) is 3.74. The SMILES string of the molecule is CCC(CC)n1ncc(C(=O)N(CC(C)C(=O)O)C2CC2)c1C. The first-order valence-corrected chi connectivity index (χ1v) is 8.48. The molecule has 23 heavy (non-hydrogen) atoms. The van der Waals surface area contributed by atoms with Gasteiger partial charge < -0.3 is 10.0 Å². The third-order valence-corrected chi connectivity index (χ3v) is 4.70. The van der Waals surface area contributed by atoms with Gasteiger partial charge in [0.05, 0.1) is 23.7 Å². The second-order valence-corrected chi connectivity index (χ2v) is 6.49. The molecular formula is C17H27N3O3. The lowest BCUT2D eigenvalue weighted by atomic mass is 10.1. The van der Waals surface area contributed by atoms with E-state index < -0.39 is 11.9 Å². The van der Waals surface area contributed by atoms with Crippen LogP contribution in [0.4, 0.5) is 0 Å². The van der Waals surface area contributed by atoms with Gasteiger partial charge in [-0.25, -0.2) is 0 Å². The van der Waals surface area contributed by atoms with Crippen molar-refractivity contribution in [1.29, 1.82) is 0 Å². The molecule has 1 amide bonds. The van der Waals surface area contributed by atoms with Crippen LogP contribution in [-0.4, -0.2) is 44.3 Å². The van der Waals surface area contributed by atoms with E-state index in [1.165, 1.54) is 0 Å². The number of hydrogen-bond acceptors (Lipinski definition) is 3. The minimum atomic E-state index is -0.868. The number of nitrogens with zero attached hydrogens (tertiary/aromatic N) is 3. The van der Waals surface area contributed by atoms with Crippen LogP contribution < -0.4 is 0 Å². The topological polar surface area (TPSA) is 75.4 Å². The Hall–Kier alpha value is -1.85. The van der Waals surface area contributed by atoms with Crippen molar-refractivity contribution in [1.82, 2.24) is 14.7 Å². The van der Waals surface area contributed by atoms with Crippen molar-refractivity contribution >= 4 is 11.9 Å². The number of aromatic nitrogens is 2. The highest BCUT2D eigenvalue weighted by Crippen LogP contribution is 2.30. The van der Waals surface area contributed by atoms with Crippen LogP contribution in [0, 0.1) is 12.8 Å². The summed E-state index contributed by atoms with van der Waals surface area (Å²) in [6.07, 6.45) is 5.48. The van der Waals surface area contributed by atoms with Gasteiger partial charge in [-0.2, -0.15) is 5.10 Å². The number of carboxylic acids is 1. The van der Waals surface area contributed by atoms with E-state index in [-0.39, 0.29) is 18.5 Å². The van der Waals surface area contributed by atoms with Crippen molar-refractivity contribution in [3.63, 3.8) is 0 Å². The Morgan fingerprint density at radius 3 is 2.48 bits per heavy atom. The fourth-order valence-corrected chi connectivity index (χ4v) is 2.95. The van der Waals surface area contributed by atoms with E-state index in [2.05, 4.69) is 18.9 Å². The monoisotopic (exact) mass is 321 g/mol. The zero-order valence-electron chi connectivity index (χ0n) is 14.5. The highest BCUT2D eigenvalue weighted by Gasteiger charge is 2.36. The van der Waals surface area contributed by atoms with Gasteiger partial charge in [0, 0.05) is 18.3 Å². The zero-order chi connectivity index (χ0) is 17.1. The smallest absolute Gasteiger partial charge is 0.308 e. The molecule has 0 spiro atoms. The van der Waals surface area contributed by atoms with E-state index >= 15 is 0 Å². The summed E-state index contributed by atoms with van der Waals surface area (Å²) in [5.41, 5.74) is 1.47. The molecule has 6 heteroatoms. The molecule has 1 aromatic heterocycles. The predicted octanol–water partition coefficient (Wildman–Crippen LogP) is 2.88. The Morgan fingerprint density at radius 2 is 2.00 bits per heavy atom. The second-order valence-electron chi connectivity index (χ2n) is 6.49. The molecule has 0 aliphatic heterocycles. The molecule has 0 radical (unpaired) electrons. The molecule has 1 heterocycles. The van der Waals surface area contributed by atoms with Crippen molar-refractivity contribution in [2.24, 2.45) is 5.92 Å². The lowest BCUT2D eigenvalue weighted by Crippen LogP contribution is -2.38. The molecule has 6 nitrogen and oxygen atoms in total. The Kier molecular flexibility index (Phi) is 5.44. The number of hydrogen-bond donors (Lipinski definition) is 1. The van der Waals surface area contributed by atoms with Gasteiger partial charge in [0.15, 0.2) is 0 Å². The molecule has 0 saturated heterocycles. The molecule has 2 rings (SSSR count). The fourth-order valence-electron chi connectivity index (χ4n) is 2.95. The van der Waals surface area contributed by atoms with E-state index in [0.29, 0.717) is 11.6 Å². The molecule has 0 aromatic carbocycles. The summed E-state index contributed by atoms with van der Waals surface area (Å²) < 4.78 is 1.93. The van der Waals surface area contributed by atoms with Crippen molar-refractivity contribution in [2.75, 3.05) is 6.54 Å². The number of carbonyl (C=O) groups is 2. The van der Waals surface area contributed by atoms with Crippen molar-refractivity contribution in [3.8, 4) is 0 Å². The highest BCUT2D eigenvalue weighted by molar-refractivity contribution is 5.95.